The van der Waals surface area contributed by atoms with E-state index < -0.39 is 7.92 Å². The zero-order valence-corrected chi connectivity index (χ0v) is 18.5. The second-order valence-electron chi connectivity index (χ2n) is 7.60. The molecule has 0 aliphatic carbocycles. The lowest BCUT2D eigenvalue weighted by Crippen LogP contribution is -2.21. The lowest BCUT2D eigenvalue weighted by atomic mass is 10.1. The fourth-order valence-electron chi connectivity index (χ4n) is 3.87. The predicted octanol–water partition coefficient (Wildman–Crippen LogP) is 6.30. The highest BCUT2D eigenvalue weighted by atomic mass is 31.1. The second kappa shape index (κ2) is 10.6. The molecule has 0 aliphatic heterocycles. The van der Waals surface area contributed by atoms with E-state index in [0.717, 1.165) is 19.3 Å². The summed E-state index contributed by atoms with van der Waals surface area (Å²) in [4.78, 5) is 0. The molecule has 0 spiro atoms. The zero-order chi connectivity index (χ0) is 19.8. The van der Waals surface area contributed by atoms with Crippen LogP contribution in [0.5, 0.6) is 0 Å². The van der Waals surface area contributed by atoms with Crippen molar-refractivity contribution in [3.63, 3.8) is 0 Å². The van der Waals surface area contributed by atoms with E-state index in [9.17, 15) is 0 Å². The van der Waals surface area contributed by atoms with E-state index in [-0.39, 0.29) is 0 Å². The van der Waals surface area contributed by atoms with Crippen LogP contribution < -0.4 is 15.9 Å². The fraction of sp³-hybridized carbons (Fsp3) is 0.333. The van der Waals surface area contributed by atoms with Gasteiger partial charge < -0.3 is 0 Å². The molecule has 0 saturated carbocycles. The molecule has 0 amide bonds. The average molecular weight is 389 g/mol. The van der Waals surface area contributed by atoms with E-state index in [4.69, 9.17) is 0 Å². The number of hydrogen-bond donors (Lipinski definition) is 0. The Kier molecular flexibility index (Phi) is 7.87. The van der Waals surface area contributed by atoms with Gasteiger partial charge in [-0.3, -0.25) is 0 Å². The van der Waals surface area contributed by atoms with Crippen molar-refractivity contribution >= 4 is 23.8 Å². The first-order chi connectivity index (χ1) is 13.7. The van der Waals surface area contributed by atoms with Gasteiger partial charge in [0.25, 0.3) is 0 Å². The highest BCUT2D eigenvalue weighted by Crippen LogP contribution is 2.34. The molecule has 0 radical (unpaired) electrons. The largest absolute Gasteiger partial charge is 0.0651 e. The van der Waals surface area contributed by atoms with Crippen LogP contribution in [0.4, 0.5) is 0 Å². The van der Waals surface area contributed by atoms with Crippen molar-refractivity contribution in [1.82, 2.24) is 0 Å². The first-order valence-electron chi connectivity index (χ1n) is 10.8. The standard InChI is InChI=1S/C27H33P/c1-4-10-22-13-7-16-25(19-22)28(26-17-8-14-23(20-26)11-5-2)27-18-9-15-24(21-27)12-6-3/h7-9,13-21H,4-6,10-12H2,1-3H3. The molecule has 3 aromatic carbocycles. The highest BCUT2D eigenvalue weighted by Gasteiger charge is 2.17. The van der Waals surface area contributed by atoms with E-state index in [2.05, 4.69) is 93.6 Å². The van der Waals surface area contributed by atoms with Crippen molar-refractivity contribution in [2.24, 2.45) is 0 Å². The van der Waals surface area contributed by atoms with Gasteiger partial charge in [-0.25, -0.2) is 0 Å². The minimum absolute atomic E-state index is 0.527. The zero-order valence-electron chi connectivity index (χ0n) is 17.6. The van der Waals surface area contributed by atoms with Gasteiger partial charge in [0.2, 0.25) is 0 Å². The third-order valence-electron chi connectivity index (χ3n) is 5.12. The van der Waals surface area contributed by atoms with Crippen molar-refractivity contribution in [2.75, 3.05) is 0 Å². The Morgan fingerprint density at radius 3 is 1.11 bits per heavy atom. The van der Waals surface area contributed by atoms with Gasteiger partial charge in [0.05, 0.1) is 0 Å². The molecule has 0 atom stereocenters. The van der Waals surface area contributed by atoms with Crippen LogP contribution in [-0.4, -0.2) is 0 Å². The molecule has 0 bridgehead atoms. The van der Waals surface area contributed by atoms with Crippen LogP contribution in [-0.2, 0) is 19.3 Å². The summed E-state index contributed by atoms with van der Waals surface area (Å²) >= 11 is 0. The molecule has 0 aromatic heterocycles. The summed E-state index contributed by atoms with van der Waals surface area (Å²) in [6, 6.07) is 28.0. The van der Waals surface area contributed by atoms with Gasteiger partial charge in [-0.15, -0.1) is 0 Å². The van der Waals surface area contributed by atoms with Gasteiger partial charge in [0.15, 0.2) is 0 Å². The summed E-state index contributed by atoms with van der Waals surface area (Å²) < 4.78 is 0. The van der Waals surface area contributed by atoms with Crippen LogP contribution >= 0.6 is 7.92 Å². The SMILES string of the molecule is CCCc1cccc(P(c2cccc(CCC)c2)c2cccc(CCC)c2)c1. The predicted molar refractivity (Wildman–Crippen MR) is 127 cm³/mol. The molecule has 0 unspecified atom stereocenters. The average Bonchev–Trinajstić information content (AvgIpc) is 2.70. The Morgan fingerprint density at radius 2 is 0.821 bits per heavy atom. The first-order valence-corrected chi connectivity index (χ1v) is 12.2. The molecule has 0 saturated heterocycles. The third kappa shape index (κ3) is 5.33. The van der Waals surface area contributed by atoms with Crippen LogP contribution in [0.3, 0.4) is 0 Å². The van der Waals surface area contributed by atoms with E-state index in [1.165, 1.54) is 51.9 Å². The molecular weight excluding hydrogens is 355 g/mol. The van der Waals surface area contributed by atoms with Gasteiger partial charge >= 0.3 is 0 Å². The van der Waals surface area contributed by atoms with Crippen LogP contribution in [0.15, 0.2) is 72.8 Å². The lowest BCUT2D eigenvalue weighted by molar-refractivity contribution is 0.922. The molecule has 28 heavy (non-hydrogen) atoms. The summed E-state index contributed by atoms with van der Waals surface area (Å²) in [6.07, 6.45) is 7.05. The fourth-order valence-corrected chi connectivity index (χ4v) is 6.35. The molecule has 3 aromatic rings. The maximum atomic E-state index is 2.45. The molecule has 3 rings (SSSR count). The third-order valence-corrected chi connectivity index (χ3v) is 7.51. The topological polar surface area (TPSA) is 0 Å². The summed E-state index contributed by atoms with van der Waals surface area (Å²) in [7, 11) is -0.527. The van der Waals surface area contributed by atoms with Gasteiger partial charge in [-0.1, -0.05) is 113 Å². The monoisotopic (exact) mass is 388 g/mol. The smallest absolute Gasteiger partial charge is 0.0134 e. The Hall–Kier alpha value is -1.91. The van der Waals surface area contributed by atoms with Gasteiger partial charge in [0.1, 0.15) is 0 Å². The van der Waals surface area contributed by atoms with Gasteiger partial charge in [0, 0.05) is 0 Å². The first kappa shape index (κ1) is 20.8. The quantitative estimate of drug-likeness (QED) is 0.377. The minimum Gasteiger partial charge on any atom is -0.0651 e. The van der Waals surface area contributed by atoms with Crippen molar-refractivity contribution in [2.45, 2.75) is 59.3 Å². The summed E-state index contributed by atoms with van der Waals surface area (Å²) in [5.41, 5.74) is 4.38. The normalized spacial score (nSPS) is 11.1. The molecule has 0 heterocycles. The number of aryl methyl sites for hydroxylation is 3. The summed E-state index contributed by atoms with van der Waals surface area (Å²) in [5.74, 6) is 0. The molecule has 0 aliphatic rings. The molecule has 146 valence electrons. The van der Waals surface area contributed by atoms with Gasteiger partial charge in [-0.2, -0.15) is 0 Å². The Labute approximate surface area is 172 Å². The Morgan fingerprint density at radius 1 is 0.500 bits per heavy atom. The van der Waals surface area contributed by atoms with Crippen LogP contribution in [0.1, 0.15) is 56.7 Å². The van der Waals surface area contributed by atoms with Crippen molar-refractivity contribution in [3.8, 4) is 0 Å². The van der Waals surface area contributed by atoms with Crippen molar-refractivity contribution < 1.29 is 0 Å². The number of rotatable bonds is 9. The van der Waals surface area contributed by atoms with E-state index in [1.807, 2.05) is 0 Å². The van der Waals surface area contributed by atoms with Crippen LogP contribution in [0.2, 0.25) is 0 Å². The Bertz CT molecular complexity index is 763. The Balaban J connectivity index is 2.10. The maximum absolute atomic E-state index is 2.45. The van der Waals surface area contributed by atoms with Crippen molar-refractivity contribution in [1.29, 1.82) is 0 Å². The highest BCUT2D eigenvalue weighted by molar-refractivity contribution is 7.79. The van der Waals surface area contributed by atoms with E-state index >= 15 is 0 Å². The molecule has 0 nitrogen and oxygen atoms in total. The minimum atomic E-state index is -0.527. The van der Waals surface area contributed by atoms with Crippen molar-refractivity contribution in [3.05, 3.63) is 89.5 Å². The molecular formula is C27H33P. The molecule has 1 heteroatoms. The molecule has 0 fully saturated rings. The lowest BCUT2D eigenvalue weighted by Gasteiger charge is -2.21. The second-order valence-corrected chi connectivity index (χ2v) is 9.82. The molecule has 0 N–H and O–H groups in total. The summed E-state index contributed by atoms with van der Waals surface area (Å²) in [5, 5.41) is 4.43. The van der Waals surface area contributed by atoms with Gasteiger partial charge in [-0.05, 0) is 59.8 Å². The van der Waals surface area contributed by atoms with Crippen LogP contribution in [0.25, 0.3) is 0 Å². The van der Waals surface area contributed by atoms with Crippen LogP contribution in [0, 0.1) is 0 Å². The number of hydrogen-bond acceptors (Lipinski definition) is 0. The number of benzene rings is 3. The van der Waals surface area contributed by atoms with E-state index in [0.29, 0.717) is 0 Å². The summed E-state index contributed by atoms with van der Waals surface area (Å²) in [6.45, 7) is 6.79. The van der Waals surface area contributed by atoms with E-state index in [1.54, 1.807) is 0 Å². The maximum Gasteiger partial charge on any atom is -0.0134 e.